The summed E-state index contributed by atoms with van der Waals surface area (Å²) in [7, 11) is 2.68. The van der Waals surface area contributed by atoms with Gasteiger partial charge in [-0.1, -0.05) is 23.2 Å². The molecule has 2 rings (SSSR count). The highest BCUT2D eigenvalue weighted by molar-refractivity contribution is 6.42. The van der Waals surface area contributed by atoms with E-state index in [0.717, 1.165) is 4.90 Å². The highest BCUT2D eigenvalue weighted by Crippen LogP contribution is 2.30. The Labute approximate surface area is 169 Å². The molecule has 0 heterocycles. The van der Waals surface area contributed by atoms with E-state index in [1.54, 1.807) is 6.07 Å². The third-order valence-corrected chi connectivity index (χ3v) is 4.30. The third kappa shape index (κ3) is 5.71. The van der Waals surface area contributed by atoms with E-state index in [-0.39, 0.29) is 28.6 Å². The van der Waals surface area contributed by atoms with Crippen molar-refractivity contribution in [3.8, 4) is 11.5 Å². The molecule has 0 aliphatic carbocycles. The Morgan fingerprint density at radius 2 is 1.82 bits per heavy atom. The highest BCUT2D eigenvalue weighted by atomic mass is 35.5. The minimum absolute atomic E-state index is 0.0280. The van der Waals surface area contributed by atoms with Crippen LogP contribution in [0, 0.1) is 0 Å². The Kier molecular flexibility index (Phi) is 7.42. The Hall–Kier alpha value is -2.58. The fourth-order valence-electron chi connectivity index (χ4n) is 2.28. The maximum atomic E-state index is 12.5. The number of halogens is 4. The summed E-state index contributed by atoms with van der Waals surface area (Å²) in [5.74, 6) is -1.20. The molecule has 6 nitrogen and oxygen atoms in total. The molecule has 150 valence electrons. The van der Waals surface area contributed by atoms with Gasteiger partial charge in [0.1, 0.15) is 0 Å². The summed E-state index contributed by atoms with van der Waals surface area (Å²) in [6.07, 6.45) is 0. The molecule has 0 aliphatic heterocycles. The van der Waals surface area contributed by atoms with Crippen LogP contribution in [0.1, 0.15) is 10.4 Å². The Balaban J connectivity index is 2.05. The molecule has 10 heteroatoms. The summed E-state index contributed by atoms with van der Waals surface area (Å²) in [5, 5.41) is 3.22. The lowest BCUT2D eigenvalue weighted by molar-refractivity contribution is -0.116. The van der Waals surface area contributed by atoms with Gasteiger partial charge >= 0.3 is 6.61 Å². The van der Waals surface area contributed by atoms with Crippen molar-refractivity contribution < 1.29 is 27.8 Å². The number of alkyl halides is 2. The molecule has 1 N–H and O–H groups in total. The number of ether oxygens (including phenoxy) is 2. The average molecular weight is 433 g/mol. The van der Waals surface area contributed by atoms with Crippen LogP contribution in [0.3, 0.4) is 0 Å². The van der Waals surface area contributed by atoms with Crippen LogP contribution in [0.4, 0.5) is 14.5 Å². The molecule has 0 radical (unpaired) electrons. The predicted molar refractivity (Wildman–Crippen MR) is 102 cm³/mol. The van der Waals surface area contributed by atoms with Crippen LogP contribution < -0.4 is 14.8 Å². The van der Waals surface area contributed by atoms with Gasteiger partial charge in [0.25, 0.3) is 5.91 Å². The van der Waals surface area contributed by atoms with E-state index in [4.69, 9.17) is 27.9 Å². The van der Waals surface area contributed by atoms with Gasteiger partial charge in [-0.2, -0.15) is 8.78 Å². The molecule has 0 aliphatic rings. The lowest BCUT2D eigenvalue weighted by atomic mass is 10.1. The number of anilines is 1. The van der Waals surface area contributed by atoms with Crippen LogP contribution in [-0.4, -0.2) is 44.0 Å². The van der Waals surface area contributed by atoms with Gasteiger partial charge in [0.15, 0.2) is 11.5 Å². The van der Waals surface area contributed by atoms with Gasteiger partial charge in [0, 0.05) is 18.3 Å². The van der Waals surface area contributed by atoms with Crippen LogP contribution in [0.5, 0.6) is 11.5 Å². The minimum Gasteiger partial charge on any atom is -0.493 e. The number of amides is 2. The summed E-state index contributed by atoms with van der Waals surface area (Å²) in [5.41, 5.74) is 0.568. The first-order chi connectivity index (χ1) is 13.2. The Morgan fingerprint density at radius 3 is 2.43 bits per heavy atom. The van der Waals surface area contributed by atoms with E-state index in [2.05, 4.69) is 10.1 Å². The van der Waals surface area contributed by atoms with Crippen molar-refractivity contribution in [3.63, 3.8) is 0 Å². The SMILES string of the molecule is COc1cc(C(=O)N(C)CC(=O)Nc2ccc(Cl)c(Cl)c2)ccc1OC(F)F. The van der Waals surface area contributed by atoms with Gasteiger partial charge in [-0.3, -0.25) is 9.59 Å². The molecular formula is C18H16Cl2F2N2O4. The van der Waals surface area contributed by atoms with Crippen LogP contribution in [0.15, 0.2) is 36.4 Å². The second-order valence-corrected chi connectivity index (χ2v) is 6.40. The van der Waals surface area contributed by atoms with Crippen LogP contribution >= 0.6 is 23.2 Å². The van der Waals surface area contributed by atoms with Gasteiger partial charge in [0.2, 0.25) is 5.91 Å². The summed E-state index contributed by atoms with van der Waals surface area (Å²) in [4.78, 5) is 25.8. The molecule has 0 bridgehead atoms. The zero-order chi connectivity index (χ0) is 20.8. The van der Waals surface area contributed by atoms with Crippen molar-refractivity contribution >= 4 is 40.7 Å². The first-order valence-electron chi connectivity index (χ1n) is 7.84. The molecule has 0 saturated heterocycles. The fraction of sp³-hybridized carbons (Fsp3) is 0.222. The molecule has 2 aromatic rings. The molecule has 0 spiro atoms. The summed E-state index contributed by atoms with van der Waals surface area (Å²) in [6, 6.07) is 8.34. The number of carbonyl (C=O) groups is 2. The summed E-state index contributed by atoms with van der Waals surface area (Å²) < 4.78 is 34.0. The van der Waals surface area contributed by atoms with Crippen molar-refractivity contribution in [1.82, 2.24) is 4.90 Å². The van der Waals surface area contributed by atoms with Crippen LogP contribution in [-0.2, 0) is 4.79 Å². The van der Waals surface area contributed by atoms with E-state index in [1.165, 1.54) is 44.5 Å². The predicted octanol–water partition coefficient (Wildman–Crippen LogP) is 4.31. The number of hydrogen-bond acceptors (Lipinski definition) is 4. The zero-order valence-electron chi connectivity index (χ0n) is 14.8. The fourth-order valence-corrected chi connectivity index (χ4v) is 2.57. The van der Waals surface area contributed by atoms with Crippen LogP contribution in [0.25, 0.3) is 0 Å². The number of rotatable bonds is 7. The average Bonchev–Trinajstić information content (AvgIpc) is 2.63. The number of hydrogen-bond donors (Lipinski definition) is 1. The quantitative estimate of drug-likeness (QED) is 0.707. The first kappa shape index (κ1) is 21.7. The van der Waals surface area contributed by atoms with E-state index < -0.39 is 18.4 Å². The van der Waals surface area contributed by atoms with E-state index in [9.17, 15) is 18.4 Å². The maximum Gasteiger partial charge on any atom is 0.387 e. The summed E-state index contributed by atoms with van der Waals surface area (Å²) in [6.45, 7) is -3.28. The molecule has 28 heavy (non-hydrogen) atoms. The first-order valence-corrected chi connectivity index (χ1v) is 8.60. The molecule has 0 saturated carbocycles. The second kappa shape index (κ2) is 9.57. The molecular weight excluding hydrogens is 417 g/mol. The molecule has 0 fully saturated rings. The Morgan fingerprint density at radius 1 is 1.11 bits per heavy atom. The second-order valence-electron chi connectivity index (χ2n) is 5.58. The zero-order valence-corrected chi connectivity index (χ0v) is 16.4. The monoisotopic (exact) mass is 432 g/mol. The highest BCUT2D eigenvalue weighted by Gasteiger charge is 2.18. The van der Waals surface area contributed by atoms with Crippen molar-refractivity contribution in [2.24, 2.45) is 0 Å². The number of methoxy groups -OCH3 is 1. The van der Waals surface area contributed by atoms with Crippen molar-refractivity contribution in [3.05, 3.63) is 52.0 Å². The Bertz CT molecular complexity index is 881. The van der Waals surface area contributed by atoms with Gasteiger partial charge in [0.05, 0.1) is 23.7 Å². The standard InChI is InChI=1S/C18H16Cl2F2N2O4/c1-24(9-16(25)23-11-4-5-12(19)13(20)8-11)17(26)10-3-6-14(28-18(21)22)15(7-10)27-2/h3-8,18H,9H2,1-2H3,(H,23,25). The molecule has 0 atom stereocenters. The van der Waals surface area contributed by atoms with Crippen molar-refractivity contribution in [1.29, 1.82) is 0 Å². The molecule has 2 amide bonds. The minimum atomic E-state index is -3.02. The third-order valence-electron chi connectivity index (χ3n) is 3.56. The molecule has 0 aromatic heterocycles. The number of benzene rings is 2. The molecule has 0 unspecified atom stereocenters. The van der Waals surface area contributed by atoms with Crippen molar-refractivity contribution in [2.75, 3.05) is 26.0 Å². The lowest BCUT2D eigenvalue weighted by Crippen LogP contribution is -2.34. The molecule has 2 aromatic carbocycles. The van der Waals surface area contributed by atoms with Gasteiger partial charge in [-0.15, -0.1) is 0 Å². The van der Waals surface area contributed by atoms with Gasteiger partial charge < -0.3 is 19.7 Å². The normalized spacial score (nSPS) is 10.5. The topological polar surface area (TPSA) is 67.9 Å². The lowest BCUT2D eigenvalue weighted by Gasteiger charge is -2.18. The number of likely N-dealkylation sites (N-methyl/N-ethyl adjacent to an activating group) is 1. The smallest absolute Gasteiger partial charge is 0.387 e. The van der Waals surface area contributed by atoms with Crippen LogP contribution in [0.2, 0.25) is 10.0 Å². The van der Waals surface area contributed by atoms with E-state index in [1.807, 2.05) is 0 Å². The van der Waals surface area contributed by atoms with Crippen molar-refractivity contribution in [2.45, 2.75) is 6.61 Å². The number of nitrogens with zero attached hydrogens (tertiary/aromatic N) is 1. The maximum absolute atomic E-state index is 12.5. The van der Waals surface area contributed by atoms with Gasteiger partial charge in [-0.25, -0.2) is 0 Å². The van der Waals surface area contributed by atoms with E-state index >= 15 is 0 Å². The largest absolute Gasteiger partial charge is 0.493 e. The van der Waals surface area contributed by atoms with E-state index in [0.29, 0.717) is 10.7 Å². The summed E-state index contributed by atoms with van der Waals surface area (Å²) >= 11 is 11.7. The number of carbonyl (C=O) groups excluding carboxylic acids is 2. The number of nitrogens with one attached hydrogen (secondary N) is 1. The van der Waals surface area contributed by atoms with Gasteiger partial charge in [-0.05, 0) is 36.4 Å².